The summed E-state index contributed by atoms with van der Waals surface area (Å²) in [6.45, 7) is 2.88. The van der Waals surface area contributed by atoms with Crippen molar-refractivity contribution < 1.29 is 4.79 Å². The SMILES string of the molecule is CCc1ccccc1NC(=O)C1(CNC)CCC1. The fraction of sp³-hybridized carbons (Fsp3) is 0.533. The number of aryl methyl sites for hydroxylation is 1. The number of nitrogens with one attached hydrogen (secondary N) is 2. The van der Waals surface area contributed by atoms with E-state index in [1.54, 1.807) is 0 Å². The molecule has 0 aliphatic heterocycles. The van der Waals surface area contributed by atoms with Crippen molar-refractivity contribution in [3.63, 3.8) is 0 Å². The van der Waals surface area contributed by atoms with Gasteiger partial charge in [0.25, 0.3) is 0 Å². The Kier molecular flexibility index (Phi) is 4.02. The van der Waals surface area contributed by atoms with Crippen molar-refractivity contribution in [1.82, 2.24) is 5.32 Å². The monoisotopic (exact) mass is 246 g/mol. The molecule has 1 saturated carbocycles. The standard InChI is InChI=1S/C15H22N2O/c1-3-12-7-4-5-8-13(12)17-14(18)15(11-16-2)9-6-10-15/h4-5,7-8,16H,3,6,9-11H2,1-2H3,(H,17,18). The predicted molar refractivity (Wildman–Crippen MR) is 74.7 cm³/mol. The van der Waals surface area contributed by atoms with Crippen molar-refractivity contribution in [2.75, 3.05) is 18.9 Å². The third-order valence-electron chi connectivity index (χ3n) is 3.95. The summed E-state index contributed by atoms with van der Waals surface area (Å²) in [6, 6.07) is 8.05. The number of carbonyl (C=O) groups is 1. The van der Waals surface area contributed by atoms with E-state index >= 15 is 0 Å². The van der Waals surface area contributed by atoms with E-state index < -0.39 is 0 Å². The van der Waals surface area contributed by atoms with Crippen LogP contribution in [0.4, 0.5) is 5.69 Å². The van der Waals surface area contributed by atoms with Gasteiger partial charge >= 0.3 is 0 Å². The van der Waals surface area contributed by atoms with Gasteiger partial charge in [0, 0.05) is 12.2 Å². The zero-order valence-electron chi connectivity index (χ0n) is 11.3. The van der Waals surface area contributed by atoms with Crippen LogP contribution in [0.1, 0.15) is 31.7 Å². The Hall–Kier alpha value is -1.35. The van der Waals surface area contributed by atoms with Crippen molar-refractivity contribution in [3.8, 4) is 0 Å². The van der Waals surface area contributed by atoms with Crippen LogP contribution < -0.4 is 10.6 Å². The van der Waals surface area contributed by atoms with Gasteiger partial charge < -0.3 is 10.6 Å². The van der Waals surface area contributed by atoms with E-state index in [1.807, 2.05) is 25.2 Å². The van der Waals surface area contributed by atoms with Gasteiger partial charge in [0.1, 0.15) is 0 Å². The molecule has 2 rings (SSSR count). The lowest BCUT2D eigenvalue weighted by Gasteiger charge is -2.40. The average molecular weight is 246 g/mol. The summed E-state index contributed by atoms with van der Waals surface area (Å²) in [5, 5.41) is 6.26. The molecule has 0 unspecified atom stereocenters. The average Bonchev–Trinajstić information content (AvgIpc) is 2.34. The summed E-state index contributed by atoms with van der Waals surface area (Å²) in [7, 11) is 1.91. The summed E-state index contributed by atoms with van der Waals surface area (Å²) in [5.74, 6) is 0.170. The van der Waals surface area contributed by atoms with E-state index in [0.29, 0.717) is 0 Å². The van der Waals surface area contributed by atoms with Gasteiger partial charge in [-0.15, -0.1) is 0 Å². The second-order valence-electron chi connectivity index (χ2n) is 5.13. The molecule has 1 aromatic carbocycles. The molecule has 3 nitrogen and oxygen atoms in total. The van der Waals surface area contributed by atoms with Gasteiger partial charge in [0.05, 0.1) is 5.41 Å². The largest absolute Gasteiger partial charge is 0.325 e. The number of anilines is 1. The highest BCUT2D eigenvalue weighted by atomic mass is 16.2. The lowest BCUT2D eigenvalue weighted by molar-refractivity contribution is -0.129. The van der Waals surface area contributed by atoms with E-state index in [1.165, 1.54) is 5.56 Å². The minimum absolute atomic E-state index is 0.170. The smallest absolute Gasteiger partial charge is 0.231 e. The summed E-state index contributed by atoms with van der Waals surface area (Å²) >= 11 is 0. The quantitative estimate of drug-likeness (QED) is 0.838. The number of hydrogen-bond acceptors (Lipinski definition) is 2. The third kappa shape index (κ3) is 2.41. The molecule has 3 heteroatoms. The second kappa shape index (κ2) is 5.53. The molecule has 1 aliphatic carbocycles. The minimum Gasteiger partial charge on any atom is -0.325 e. The predicted octanol–water partition coefficient (Wildman–Crippen LogP) is 2.58. The van der Waals surface area contributed by atoms with Crippen LogP contribution in [-0.2, 0) is 11.2 Å². The first-order valence-corrected chi connectivity index (χ1v) is 6.76. The fourth-order valence-corrected chi connectivity index (χ4v) is 2.63. The Balaban J connectivity index is 2.11. The molecule has 0 radical (unpaired) electrons. The number of amides is 1. The van der Waals surface area contributed by atoms with Gasteiger partial charge in [-0.05, 0) is 37.9 Å². The normalized spacial score (nSPS) is 17.0. The van der Waals surface area contributed by atoms with Crippen LogP contribution in [0.3, 0.4) is 0 Å². The first-order valence-electron chi connectivity index (χ1n) is 6.76. The molecule has 1 aliphatic rings. The van der Waals surface area contributed by atoms with Gasteiger partial charge in [0.15, 0.2) is 0 Å². The number of hydrogen-bond donors (Lipinski definition) is 2. The molecule has 18 heavy (non-hydrogen) atoms. The van der Waals surface area contributed by atoms with Gasteiger partial charge in [0.2, 0.25) is 5.91 Å². The number of rotatable bonds is 5. The van der Waals surface area contributed by atoms with Crippen molar-refractivity contribution >= 4 is 11.6 Å². The van der Waals surface area contributed by atoms with E-state index in [4.69, 9.17) is 0 Å². The van der Waals surface area contributed by atoms with Gasteiger partial charge in [-0.1, -0.05) is 31.5 Å². The van der Waals surface area contributed by atoms with Crippen LogP contribution in [-0.4, -0.2) is 19.5 Å². The van der Waals surface area contributed by atoms with E-state index in [-0.39, 0.29) is 11.3 Å². The maximum atomic E-state index is 12.4. The van der Waals surface area contributed by atoms with Crippen LogP contribution >= 0.6 is 0 Å². The Morgan fingerprint density at radius 1 is 1.33 bits per heavy atom. The van der Waals surface area contributed by atoms with E-state index in [0.717, 1.165) is 37.9 Å². The highest BCUT2D eigenvalue weighted by Gasteiger charge is 2.43. The topological polar surface area (TPSA) is 41.1 Å². The maximum absolute atomic E-state index is 12.4. The molecule has 1 amide bonds. The Morgan fingerprint density at radius 3 is 2.61 bits per heavy atom. The zero-order chi connectivity index (χ0) is 13.0. The van der Waals surface area contributed by atoms with Crippen molar-refractivity contribution in [3.05, 3.63) is 29.8 Å². The summed E-state index contributed by atoms with van der Waals surface area (Å²) in [6.07, 6.45) is 4.09. The molecular weight excluding hydrogens is 224 g/mol. The van der Waals surface area contributed by atoms with Crippen molar-refractivity contribution in [2.24, 2.45) is 5.41 Å². The Labute approximate surface area is 109 Å². The highest BCUT2D eigenvalue weighted by Crippen LogP contribution is 2.41. The van der Waals surface area contributed by atoms with Crippen LogP contribution in [0, 0.1) is 5.41 Å². The van der Waals surface area contributed by atoms with Crippen molar-refractivity contribution in [1.29, 1.82) is 0 Å². The molecule has 0 atom stereocenters. The maximum Gasteiger partial charge on any atom is 0.231 e. The highest BCUT2D eigenvalue weighted by molar-refractivity contribution is 5.96. The molecule has 98 valence electrons. The van der Waals surface area contributed by atoms with Crippen LogP contribution in [0.5, 0.6) is 0 Å². The summed E-state index contributed by atoms with van der Waals surface area (Å²) < 4.78 is 0. The number of carbonyl (C=O) groups excluding carboxylic acids is 1. The summed E-state index contributed by atoms with van der Waals surface area (Å²) in [4.78, 5) is 12.4. The molecule has 0 spiro atoms. The number of para-hydroxylation sites is 1. The van der Waals surface area contributed by atoms with Crippen LogP contribution in [0.25, 0.3) is 0 Å². The lowest BCUT2D eigenvalue weighted by atomic mass is 9.68. The fourth-order valence-electron chi connectivity index (χ4n) is 2.63. The zero-order valence-corrected chi connectivity index (χ0v) is 11.3. The first kappa shape index (κ1) is 13.1. The van der Waals surface area contributed by atoms with E-state index in [9.17, 15) is 4.79 Å². The summed E-state index contributed by atoms with van der Waals surface area (Å²) in [5.41, 5.74) is 1.98. The minimum atomic E-state index is -0.185. The molecular formula is C15H22N2O. The van der Waals surface area contributed by atoms with Crippen molar-refractivity contribution in [2.45, 2.75) is 32.6 Å². The number of benzene rings is 1. The Bertz CT molecular complexity index is 424. The molecule has 0 aromatic heterocycles. The second-order valence-corrected chi connectivity index (χ2v) is 5.13. The molecule has 1 fully saturated rings. The molecule has 0 saturated heterocycles. The van der Waals surface area contributed by atoms with E-state index in [2.05, 4.69) is 23.6 Å². The molecule has 0 heterocycles. The molecule has 2 N–H and O–H groups in total. The molecule has 1 aromatic rings. The van der Waals surface area contributed by atoms with Crippen LogP contribution in [0.15, 0.2) is 24.3 Å². The van der Waals surface area contributed by atoms with Gasteiger partial charge in [-0.3, -0.25) is 4.79 Å². The van der Waals surface area contributed by atoms with Gasteiger partial charge in [-0.25, -0.2) is 0 Å². The first-order chi connectivity index (χ1) is 8.72. The Morgan fingerprint density at radius 2 is 2.06 bits per heavy atom. The lowest BCUT2D eigenvalue weighted by Crippen LogP contribution is -2.48. The third-order valence-corrected chi connectivity index (χ3v) is 3.95. The van der Waals surface area contributed by atoms with Crippen LogP contribution in [0.2, 0.25) is 0 Å². The van der Waals surface area contributed by atoms with Gasteiger partial charge in [-0.2, -0.15) is 0 Å². The molecule has 0 bridgehead atoms.